The van der Waals surface area contributed by atoms with E-state index in [9.17, 15) is 0 Å². The molecule has 0 bridgehead atoms. The van der Waals surface area contributed by atoms with Crippen molar-refractivity contribution in [1.29, 1.82) is 0 Å². The fourth-order valence-electron chi connectivity index (χ4n) is 3.57. The topological polar surface area (TPSA) is 55.4 Å². The van der Waals surface area contributed by atoms with Gasteiger partial charge in [-0.15, -0.1) is 0 Å². The SMILES string of the molecule is CCO[Si](CCCCCCCCC[Si](OCC)(OCC)OCC)(OCC)OCC. The Labute approximate surface area is 182 Å². The summed E-state index contributed by atoms with van der Waals surface area (Å²) < 4.78 is 35.5. The van der Waals surface area contributed by atoms with Crippen LogP contribution in [0.1, 0.15) is 86.5 Å². The molecule has 0 unspecified atom stereocenters. The van der Waals surface area contributed by atoms with Crippen molar-refractivity contribution >= 4 is 17.6 Å². The van der Waals surface area contributed by atoms with Crippen LogP contribution in [0.5, 0.6) is 0 Å². The molecule has 0 aliphatic heterocycles. The first-order chi connectivity index (χ1) is 14.1. The maximum absolute atomic E-state index is 5.92. The van der Waals surface area contributed by atoms with Crippen LogP contribution in [0.25, 0.3) is 0 Å². The highest BCUT2D eigenvalue weighted by Gasteiger charge is 2.40. The van der Waals surface area contributed by atoms with E-state index >= 15 is 0 Å². The molecule has 0 radical (unpaired) electrons. The highest BCUT2D eigenvalue weighted by molar-refractivity contribution is 6.61. The lowest BCUT2D eigenvalue weighted by molar-refractivity contribution is 0.0700. The van der Waals surface area contributed by atoms with Crippen LogP contribution in [0.3, 0.4) is 0 Å². The van der Waals surface area contributed by atoms with E-state index in [1.807, 2.05) is 41.5 Å². The zero-order valence-corrected chi connectivity index (χ0v) is 22.1. The van der Waals surface area contributed by atoms with Gasteiger partial charge in [-0.05, 0) is 54.4 Å². The summed E-state index contributed by atoms with van der Waals surface area (Å²) in [6.07, 6.45) is 8.40. The lowest BCUT2D eigenvalue weighted by Crippen LogP contribution is -2.45. The first-order valence-corrected chi connectivity index (χ1v) is 15.8. The molecule has 0 aromatic heterocycles. The standard InChI is InChI=1S/C21H48O6Si2/c1-7-22-28(23-8-2,24-9-3)20-18-16-14-13-15-17-19-21-29(25-10-4,26-11-5)27-12-6/h7-21H2,1-6H3. The van der Waals surface area contributed by atoms with E-state index in [4.69, 9.17) is 26.6 Å². The second-order valence-corrected chi connectivity index (χ2v) is 12.4. The van der Waals surface area contributed by atoms with Crippen LogP contribution in [0.15, 0.2) is 0 Å². The van der Waals surface area contributed by atoms with Crippen LogP contribution in [0.2, 0.25) is 12.1 Å². The molecule has 0 saturated heterocycles. The van der Waals surface area contributed by atoms with Gasteiger partial charge in [0.1, 0.15) is 0 Å². The minimum absolute atomic E-state index is 0.655. The quantitative estimate of drug-likeness (QED) is 0.152. The van der Waals surface area contributed by atoms with Crippen LogP contribution in [0, 0.1) is 0 Å². The molecule has 6 nitrogen and oxygen atoms in total. The number of hydrogen-bond donors (Lipinski definition) is 0. The molecule has 8 heteroatoms. The molecule has 0 aliphatic carbocycles. The number of hydrogen-bond acceptors (Lipinski definition) is 6. The highest BCUT2D eigenvalue weighted by Crippen LogP contribution is 2.22. The van der Waals surface area contributed by atoms with Gasteiger partial charge < -0.3 is 26.6 Å². The van der Waals surface area contributed by atoms with Gasteiger partial charge in [-0.25, -0.2) is 0 Å². The monoisotopic (exact) mass is 452 g/mol. The van der Waals surface area contributed by atoms with Crippen molar-refractivity contribution in [2.45, 2.75) is 98.6 Å². The summed E-state index contributed by atoms with van der Waals surface area (Å²) in [5, 5.41) is 0. The normalized spacial score (nSPS) is 12.6. The van der Waals surface area contributed by atoms with Gasteiger partial charge in [-0.3, -0.25) is 0 Å². The summed E-state index contributed by atoms with van der Waals surface area (Å²) in [6, 6.07) is 1.85. The van der Waals surface area contributed by atoms with Crippen LogP contribution in [0.4, 0.5) is 0 Å². The Hall–Kier alpha value is 0.194. The summed E-state index contributed by atoms with van der Waals surface area (Å²) in [5.41, 5.74) is 0. The third-order valence-electron chi connectivity index (χ3n) is 4.65. The molecule has 0 amide bonds. The lowest BCUT2D eigenvalue weighted by Gasteiger charge is -2.28. The summed E-state index contributed by atoms with van der Waals surface area (Å²) >= 11 is 0. The number of rotatable bonds is 22. The van der Waals surface area contributed by atoms with Crippen LogP contribution in [-0.4, -0.2) is 57.3 Å². The maximum Gasteiger partial charge on any atom is 0.500 e. The highest BCUT2D eigenvalue weighted by atomic mass is 28.4. The van der Waals surface area contributed by atoms with Gasteiger partial charge in [0.2, 0.25) is 0 Å². The Kier molecular flexibility index (Phi) is 19.0. The van der Waals surface area contributed by atoms with Gasteiger partial charge in [-0.2, -0.15) is 0 Å². The Bertz CT molecular complexity index is 294. The second kappa shape index (κ2) is 18.9. The van der Waals surface area contributed by atoms with Crippen molar-refractivity contribution in [3.05, 3.63) is 0 Å². The van der Waals surface area contributed by atoms with E-state index in [2.05, 4.69) is 0 Å². The van der Waals surface area contributed by atoms with Crippen molar-refractivity contribution in [3.8, 4) is 0 Å². The molecular weight excluding hydrogens is 404 g/mol. The summed E-state index contributed by atoms with van der Waals surface area (Å²) in [4.78, 5) is 0. The Balaban J connectivity index is 4.05. The molecule has 0 aromatic carbocycles. The molecule has 0 fully saturated rings. The average Bonchev–Trinajstić information content (AvgIpc) is 2.68. The van der Waals surface area contributed by atoms with Gasteiger partial charge in [0.25, 0.3) is 0 Å². The molecule has 0 spiro atoms. The molecule has 0 saturated carbocycles. The van der Waals surface area contributed by atoms with E-state index in [-0.39, 0.29) is 0 Å². The van der Waals surface area contributed by atoms with E-state index in [1.165, 1.54) is 32.1 Å². The largest absolute Gasteiger partial charge is 0.500 e. The zero-order valence-electron chi connectivity index (χ0n) is 20.1. The summed E-state index contributed by atoms with van der Waals surface area (Å²) in [7, 11) is -4.92. The van der Waals surface area contributed by atoms with Gasteiger partial charge in [0, 0.05) is 51.7 Å². The van der Waals surface area contributed by atoms with Gasteiger partial charge in [0.05, 0.1) is 0 Å². The van der Waals surface area contributed by atoms with E-state index in [0.29, 0.717) is 39.6 Å². The van der Waals surface area contributed by atoms with Crippen molar-refractivity contribution in [2.24, 2.45) is 0 Å². The van der Waals surface area contributed by atoms with Gasteiger partial charge >= 0.3 is 17.6 Å². The molecule has 0 heterocycles. The predicted octanol–water partition coefficient (Wildman–Crippen LogP) is 5.81. The molecular formula is C21H48O6Si2. The predicted molar refractivity (Wildman–Crippen MR) is 123 cm³/mol. The molecule has 0 aliphatic rings. The van der Waals surface area contributed by atoms with Crippen LogP contribution in [-0.2, 0) is 26.6 Å². The minimum Gasteiger partial charge on any atom is -0.374 e. The molecule has 0 aromatic rings. The molecule has 0 rings (SSSR count). The lowest BCUT2D eigenvalue weighted by atomic mass is 10.1. The Morgan fingerprint density at radius 1 is 0.345 bits per heavy atom. The summed E-state index contributed by atoms with van der Waals surface area (Å²) in [6.45, 7) is 16.0. The molecule has 0 atom stereocenters. The van der Waals surface area contributed by atoms with E-state index in [0.717, 1.165) is 24.9 Å². The van der Waals surface area contributed by atoms with Crippen molar-refractivity contribution in [2.75, 3.05) is 39.6 Å². The molecule has 29 heavy (non-hydrogen) atoms. The smallest absolute Gasteiger partial charge is 0.374 e. The van der Waals surface area contributed by atoms with Crippen LogP contribution < -0.4 is 0 Å². The molecule has 176 valence electrons. The van der Waals surface area contributed by atoms with Gasteiger partial charge in [-0.1, -0.05) is 32.1 Å². The van der Waals surface area contributed by atoms with Crippen LogP contribution >= 0.6 is 0 Å². The van der Waals surface area contributed by atoms with Gasteiger partial charge in [0.15, 0.2) is 0 Å². The Morgan fingerprint density at radius 3 is 0.759 bits per heavy atom. The third kappa shape index (κ3) is 13.3. The molecule has 0 N–H and O–H groups in total. The fourth-order valence-corrected chi connectivity index (χ4v) is 8.94. The third-order valence-corrected chi connectivity index (χ3v) is 11.0. The Morgan fingerprint density at radius 2 is 0.552 bits per heavy atom. The van der Waals surface area contributed by atoms with Crippen molar-refractivity contribution < 1.29 is 26.6 Å². The fraction of sp³-hybridized carbons (Fsp3) is 1.00. The second-order valence-electron chi connectivity index (χ2n) is 6.94. The van der Waals surface area contributed by atoms with E-state index < -0.39 is 17.6 Å². The van der Waals surface area contributed by atoms with E-state index in [1.54, 1.807) is 0 Å². The first kappa shape index (κ1) is 29.2. The first-order valence-electron chi connectivity index (χ1n) is 11.9. The maximum atomic E-state index is 5.92. The minimum atomic E-state index is -2.46. The number of unbranched alkanes of at least 4 members (excludes halogenated alkanes) is 6. The van der Waals surface area contributed by atoms with Crippen molar-refractivity contribution in [1.82, 2.24) is 0 Å². The van der Waals surface area contributed by atoms with Crippen molar-refractivity contribution in [3.63, 3.8) is 0 Å². The zero-order chi connectivity index (χ0) is 21.8. The summed E-state index contributed by atoms with van der Waals surface area (Å²) in [5.74, 6) is 0. The average molecular weight is 453 g/mol.